The maximum Gasteiger partial charge on any atom is 0.399 e. The van der Waals surface area contributed by atoms with Crippen molar-refractivity contribution < 1.29 is 55.0 Å². The molecule has 5 rings (SSSR count). The average Bonchev–Trinajstić information content (AvgIpc) is 3.41. The van der Waals surface area contributed by atoms with Crippen LogP contribution in [0.4, 0.5) is 26.3 Å². The van der Waals surface area contributed by atoms with Crippen molar-refractivity contribution in [1.82, 2.24) is 15.0 Å². The summed E-state index contributed by atoms with van der Waals surface area (Å²) >= 11 is 0. The summed E-state index contributed by atoms with van der Waals surface area (Å²) in [4.78, 5) is 36.7. The Morgan fingerprint density at radius 3 is 1.67 bits per heavy atom. The number of benzene rings is 4. The second-order valence-corrected chi connectivity index (χ2v) is 13.4. The van der Waals surface area contributed by atoms with Gasteiger partial charge >= 0.3 is 26.5 Å². The fourth-order valence-corrected chi connectivity index (χ4v) is 5.97. The Morgan fingerprint density at radius 2 is 1.13 bits per heavy atom. The van der Waals surface area contributed by atoms with Gasteiger partial charge in [-0.1, -0.05) is 71.9 Å². The maximum absolute atomic E-state index is 14.8. The highest BCUT2D eigenvalue weighted by molar-refractivity contribution is 7.52. The van der Waals surface area contributed by atoms with Crippen molar-refractivity contribution in [1.29, 1.82) is 0 Å². The van der Waals surface area contributed by atoms with Crippen LogP contribution in [-0.2, 0) is 32.4 Å². The lowest BCUT2D eigenvalue weighted by atomic mass is 9.77. The molecule has 9 nitrogen and oxygen atoms in total. The highest BCUT2D eigenvalue weighted by Gasteiger charge is 2.51. The summed E-state index contributed by atoms with van der Waals surface area (Å²) in [6.07, 6.45) is -0.332. The van der Waals surface area contributed by atoms with Crippen molar-refractivity contribution in [3.63, 3.8) is 0 Å². The molecular weight excluding hydrogens is 650 g/mol. The summed E-state index contributed by atoms with van der Waals surface area (Å²) in [7, 11) is -11.9. The molecule has 4 N–H and O–H groups in total. The Kier molecular flexibility index (Phi) is 8.10. The van der Waals surface area contributed by atoms with E-state index in [4.69, 9.17) is 9.79 Å². The van der Waals surface area contributed by atoms with E-state index in [0.717, 1.165) is 60.7 Å². The number of halogens is 6. The molecule has 5 aromatic rings. The molecule has 0 bridgehead atoms. The monoisotopic (exact) mass is 671 g/mol. The van der Waals surface area contributed by atoms with Crippen LogP contribution in [0.15, 0.2) is 91.0 Å². The SMILES string of the molecule is O=P(O)(O)C(F)(F)c1ccc(CC(c2ccc(C(F)(F)P(=O)(O)O)cc2)(c2ccc(F)c(F)c2)n2nnc3ccccc32)cc1. The first-order valence-electron chi connectivity index (χ1n) is 12.7. The third-order valence-corrected chi connectivity index (χ3v) is 9.29. The van der Waals surface area contributed by atoms with Gasteiger partial charge in [-0.15, -0.1) is 5.10 Å². The molecule has 0 amide bonds. The lowest BCUT2D eigenvalue weighted by Crippen LogP contribution is -2.40. The Hall–Kier alpha value is -3.84. The van der Waals surface area contributed by atoms with E-state index >= 15 is 0 Å². The van der Waals surface area contributed by atoms with Gasteiger partial charge in [-0.05, 0) is 41.0 Å². The highest BCUT2D eigenvalue weighted by Crippen LogP contribution is 2.60. The summed E-state index contributed by atoms with van der Waals surface area (Å²) in [6.45, 7) is 0. The van der Waals surface area contributed by atoms with Gasteiger partial charge in [0.15, 0.2) is 11.6 Å². The lowest BCUT2D eigenvalue weighted by molar-refractivity contribution is 0.0563. The Balaban J connectivity index is 1.79. The third-order valence-electron chi connectivity index (χ3n) is 7.31. The zero-order valence-corrected chi connectivity index (χ0v) is 24.3. The second kappa shape index (κ2) is 11.2. The van der Waals surface area contributed by atoms with Gasteiger partial charge in [0.05, 0.1) is 5.52 Å². The van der Waals surface area contributed by atoms with Crippen LogP contribution >= 0.6 is 15.2 Å². The summed E-state index contributed by atoms with van der Waals surface area (Å²) in [5.41, 5.74) is -12.1. The average molecular weight is 671 g/mol. The van der Waals surface area contributed by atoms with E-state index < -0.39 is 54.8 Å². The fraction of sp³-hybridized carbons (Fsp3) is 0.143. The quantitative estimate of drug-likeness (QED) is 0.107. The summed E-state index contributed by atoms with van der Waals surface area (Å²) in [6, 6.07) is 16.6. The number of fused-ring (bicyclic) bond motifs is 1. The Morgan fingerprint density at radius 1 is 0.644 bits per heavy atom. The van der Waals surface area contributed by atoms with E-state index in [1.54, 1.807) is 24.3 Å². The Bertz CT molecular complexity index is 1980. The number of hydrogen-bond acceptors (Lipinski definition) is 4. The first kappa shape index (κ1) is 32.6. The zero-order chi connectivity index (χ0) is 33.0. The molecule has 17 heteroatoms. The molecule has 0 radical (unpaired) electrons. The van der Waals surface area contributed by atoms with E-state index in [1.807, 2.05) is 0 Å². The van der Waals surface area contributed by atoms with E-state index in [1.165, 1.54) is 10.7 Å². The van der Waals surface area contributed by atoms with E-state index in [-0.39, 0.29) is 23.1 Å². The molecule has 0 fully saturated rings. The fourth-order valence-electron chi connectivity index (χ4n) is 5.00. The van der Waals surface area contributed by atoms with Crippen molar-refractivity contribution in [2.75, 3.05) is 0 Å². The number of para-hydroxylation sites is 1. The van der Waals surface area contributed by atoms with Crippen molar-refractivity contribution in [2.24, 2.45) is 0 Å². The van der Waals surface area contributed by atoms with E-state index in [0.29, 0.717) is 11.0 Å². The van der Waals surface area contributed by atoms with Crippen LogP contribution < -0.4 is 0 Å². The number of alkyl halides is 4. The van der Waals surface area contributed by atoms with Gasteiger partial charge in [-0.2, -0.15) is 17.6 Å². The van der Waals surface area contributed by atoms with Crippen LogP contribution in [0.2, 0.25) is 0 Å². The van der Waals surface area contributed by atoms with Crippen LogP contribution in [-0.4, -0.2) is 34.6 Å². The van der Waals surface area contributed by atoms with E-state index in [2.05, 4.69) is 10.3 Å². The van der Waals surface area contributed by atoms with Crippen molar-refractivity contribution >= 4 is 26.2 Å². The molecule has 1 atom stereocenters. The molecule has 0 spiro atoms. The molecule has 1 heterocycles. The second-order valence-electron chi connectivity index (χ2n) is 10.1. The maximum atomic E-state index is 14.8. The summed E-state index contributed by atoms with van der Waals surface area (Å²) in [5, 5.41) is 8.34. The van der Waals surface area contributed by atoms with Crippen LogP contribution in [0.25, 0.3) is 11.0 Å². The zero-order valence-electron chi connectivity index (χ0n) is 22.5. The standard InChI is InChI=1S/C28H21F6N3O6P2/c29-22-14-13-21(15-23(22)30)26(37-25-4-2-1-3-24(25)35-36-37,18-9-11-20(12-10-18)28(33,34)45(41,42)43)16-17-5-7-19(8-6-17)27(31,32)44(38,39)40/h1-15H,16H2,(H2,38,39,40)(H2,41,42,43). The smallest absolute Gasteiger partial charge is 0.320 e. The molecule has 4 aromatic carbocycles. The van der Waals surface area contributed by atoms with Crippen LogP contribution in [0.5, 0.6) is 0 Å². The van der Waals surface area contributed by atoms with Gasteiger partial charge < -0.3 is 19.6 Å². The molecule has 45 heavy (non-hydrogen) atoms. The number of rotatable bonds is 9. The van der Waals surface area contributed by atoms with Crippen molar-refractivity contribution in [2.45, 2.75) is 23.3 Å². The largest absolute Gasteiger partial charge is 0.399 e. The van der Waals surface area contributed by atoms with Crippen LogP contribution in [0.1, 0.15) is 27.8 Å². The number of hydrogen-bond donors (Lipinski definition) is 4. The number of aromatic nitrogens is 3. The molecule has 0 aliphatic heterocycles. The normalized spacial score (nSPS) is 14.4. The molecule has 0 aliphatic rings. The van der Waals surface area contributed by atoms with Gasteiger partial charge in [0.25, 0.3) is 0 Å². The van der Waals surface area contributed by atoms with Gasteiger partial charge in [0.2, 0.25) is 0 Å². The topological polar surface area (TPSA) is 146 Å². The van der Waals surface area contributed by atoms with Crippen LogP contribution in [0.3, 0.4) is 0 Å². The molecule has 1 unspecified atom stereocenters. The molecule has 0 saturated heterocycles. The van der Waals surface area contributed by atoms with E-state index in [9.17, 15) is 45.3 Å². The van der Waals surface area contributed by atoms with Crippen LogP contribution in [0, 0.1) is 11.6 Å². The highest BCUT2D eigenvalue weighted by atomic mass is 31.2. The predicted octanol–water partition coefficient (Wildman–Crippen LogP) is 6.20. The first-order valence-corrected chi connectivity index (χ1v) is 16.0. The first-order chi connectivity index (χ1) is 20.9. The Labute approximate surface area is 250 Å². The molecule has 236 valence electrons. The molecule has 1 aromatic heterocycles. The molecular formula is C28H21F6N3O6P2. The minimum atomic E-state index is -5.95. The number of nitrogens with zero attached hydrogens (tertiary/aromatic N) is 3. The van der Waals surface area contributed by atoms with Gasteiger partial charge in [-0.3, -0.25) is 9.13 Å². The van der Waals surface area contributed by atoms with Gasteiger partial charge in [-0.25, -0.2) is 13.5 Å². The third kappa shape index (κ3) is 5.60. The minimum Gasteiger partial charge on any atom is -0.320 e. The van der Waals surface area contributed by atoms with Gasteiger partial charge in [0, 0.05) is 17.5 Å². The molecule has 0 saturated carbocycles. The van der Waals surface area contributed by atoms with Crippen molar-refractivity contribution in [3.8, 4) is 0 Å². The lowest BCUT2D eigenvalue weighted by Gasteiger charge is -2.36. The summed E-state index contributed by atoms with van der Waals surface area (Å²) in [5.74, 6) is -2.53. The summed E-state index contributed by atoms with van der Waals surface area (Å²) < 4.78 is 111. The minimum absolute atomic E-state index is 0.0174. The predicted molar refractivity (Wildman–Crippen MR) is 149 cm³/mol. The molecule has 0 aliphatic carbocycles. The van der Waals surface area contributed by atoms with Crippen molar-refractivity contribution in [3.05, 3.63) is 130 Å². The van der Waals surface area contributed by atoms with Gasteiger partial charge in [0.1, 0.15) is 11.1 Å².